The highest BCUT2D eigenvalue weighted by Gasteiger charge is 2.39. The van der Waals surface area contributed by atoms with Gasteiger partial charge in [0.1, 0.15) is 5.69 Å². The van der Waals surface area contributed by atoms with Crippen molar-refractivity contribution >= 4 is 17.6 Å². The Morgan fingerprint density at radius 3 is 2.47 bits per heavy atom. The summed E-state index contributed by atoms with van der Waals surface area (Å²) in [6, 6.07) is 0. The van der Waals surface area contributed by atoms with Crippen LogP contribution in [-0.4, -0.2) is 18.1 Å². The number of alkyl halides is 5. The number of pyridine rings is 1. The van der Waals surface area contributed by atoms with E-state index in [2.05, 4.69) is 9.72 Å². The molecule has 0 spiro atoms. The van der Waals surface area contributed by atoms with Crippen molar-refractivity contribution in [2.75, 3.05) is 7.11 Å². The van der Waals surface area contributed by atoms with Crippen molar-refractivity contribution in [3.8, 4) is 0 Å². The molecule has 0 aromatic carbocycles. The predicted molar refractivity (Wildman–Crippen MR) is 54.9 cm³/mol. The van der Waals surface area contributed by atoms with Crippen molar-refractivity contribution in [2.45, 2.75) is 19.0 Å². The summed E-state index contributed by atoms with van der Waals surface area (Å²) < 4.78 is 67.9. The first kappa shape index (κ1) is 15.6. The normalized spacial score (nSPS) is 11.8. The molecule has 0 unspecified atom stereocenters. The Bertz CT molecular complexity index is 490. The molecule has 0 fully saturated rings. The molecule has 0 saturated carbocycles. The van der Waals surface area contributed by atoms with Crippen LogP contribution in [0.4, 0.5) is 22.0 Å². The first-order valence-electron chi connectivity index (χ1n) is 4.78. The Morgan fingerprint density at radius 2 is 2.05 bits per heavy atom. The molecule has 1 heterocycles. The summed E-state index contributed by atoms with van der Waals surface area (Å²) >= 11 is 5.34. The number of rotatable bonds is 3. The number of esters is 1. The zero-order chi connectivity index (χ0) is 14.8. The van der Waals surface area contributed by atoms with Gasteiger partial charge < -0.3 is 4.74 Å². The van der Waals surface area contributed by atoms with E-state index >= 15 is 0 Å². The molecule has 0 atom stereocenters. The fourth-order valence-corrected chi connectivity index (χ4v) is 1.70. The molecule has 0 N–H and O–H groups in total. The van der Waals surface area contributed by atoms with Gasteiger partial charge in [-0.3, -0.25) is 9.78 Å². The summed E-state index contributed by atoms with van der Waals surface area (Å²) in [7, 11) is 0.926. The van der Waals surface area contributed by atoms with E-state index in [1.807, 2.05) is 0 Å². The average Bonchev–Trinajstić information content (AvgIpc) is 2.26. The highest BCUT2D eigenvalue weighted by atomic mass is 35.5. The van der Waals surface area contributed by atoms with Crippen molar-refractivity contribution in [3.63, 3.8) is 0 Å². The molecule has 0 amide bonds. The summed E-state index contributed by atoms with van der Waals surface area (Å²) in [6.07, 6.45) is -8.75. The molecular formula is C10H7ClF5NO2. The molecule has 9 heteroatoms. The van der Waals surface area contributed by atoms with Crippen LogP contribution >= 0.6 is 11.6 Å². The second-order valence-corrected chi connectivity index (χ2v) is 3.80. The second-order valence-electron chi connectivity index (χ2n) is 3.40. The van der Waals surface area contributed by atoms with Crippen molar-refractivity contribution in [3.05, 3.63) is 28.0 Å². The molecule has 3 nitrogen and oxygen atoms in total. The van der Waals surface area contributed by atoms with Crippen LogP contribution in [0.15, 0.2) is 6.20 Å². The van der Waals surface area contributed by atoms with Gasteiger partial charge in [-0.25, -0.2) is 8.78 Å². The molecule has 1 rings (SSSR count). The van der Waals surface area contributed by atoms with Crippen molar-refractivity contribution in [1.82, 2.24) is 4.98 Å². The van der Waals surface area contributed by atoms with Gasteiger partial charge in [-0.2, -0.15) is 13.2 Å². The maximum absolute atomic E-state index is 12.8. The number of carbonyl (C=O) groups is 1. The maximum atomic E-state index is 12.8. The summed E-state index contributed by atoms with van der Waals surface area (Å²) in [5.74, 6) is -1.10. The quantitative estimate of drug-likeness (QED) is 0.634. The monoisotopic (exact) mass is 303 g/mol. The number of halogens is 6. The smallest absolute Gasteiger partial charge is 0.418 e. The molecular weight excluding hydrogens is 297 g/mol. The van der Waals surface area contributed by atoms with Crippen molar-refractivity contribution < 1.29 is 31.5 Å². The van der Waals surface area contributed by atoms with Crippen LogP contribution in [0, 0.1) is 0 Å². The molecule has 0 aliphatic carbocycles. The van der Waals surface area contributed by atoms with E-state index in [-0.39, 0.29) is 0 Å². The van der Waals surface area contributed by atoms with Crippen LogP contribution < -0.4 is 0 Å². The van der Waals surface area contributed by atoms with Gasteiger partial charge in [0.2, 0.25) is 0 Å². The summed E-state index contributed by atoms with van der Waals surface area (Å²) in [6.45, 7) is 0. The number of methoxy groups -OCH3 is 1. The first-order valence-corrected chi connectivity index (χ1v) is 5.15. The van der Waals surface area contributed by atoms with Crippen LogP contribution in [0.5, 0.6) is 0 Å². The van der Waals surface area contributed by atoms with Crippen LogP contribution in [0.3, 0.4) is 0 Å². The van der Waals surface area contributed by atoms with Crippen LogP contribution in [0.2, 0.25) is 5.02 Å². The van der Waals surface area contributed by atoms with E-state index in [1.165, 1.54) is 0 Å². The fraction of sp³-hybridized carbons (Fsp3) is 0.400. The molecule has 1 aromatic rings. The highest BCUT2D eigenvalue weighted by Crippen LogP contribution is 2.39. The number of aromatic nitrogens is 1. The number of nitrogens with zero attached hydrogens (tertiary/aromatic N) is 1. The zero-order valence-electron chi connectivity index (χ0n) is 9.39. The molecule has 0 aliphatic rings. The van der Waals surface area contributed by atoms with Crippen LogP contribution in [-0.2, 0) is 22.1 Å². The minimum absolute atomic E-state index is 0.479. The van der Waals surface area contributed by atoms with Gasteiger partial charge in [0.15, 0.2) is 0 Å². The lowest BCUT2D eigenvalue weighted by molar-refractivity contribution is -0.141. The van der Waals surface area contributed by atoms with Crippen LogP contribution in [0.25, 0.3) is 0 Å². The number of hydrogen-bond donors (Lipinski definition) is 0. The summed E-state index contributed by atoms with van der Waals surface area (Å²) in [4.78, 5) is 14.2. The van der Waals surface area contributed by atoms with E-state index in [1.54, 1.807) is 0 Å². The molecule has 1 aromatic heterocycles. The maximum Gasteiger partial charge on any atom is 0.418 e. The fourth-order valence-electron chi connectivity index (χ4n) is 1.43. The van der Waals surface area contributed by atoms with Crippen LogP contribution in [0.1, 0.15) is 23.2 Å². The Kier molecular flexibility index (Phi) is 4.67. The van der Waals surface area contributed by atoms with Gasteiger partial charge >= 0.3 is 12.1 Å². The number of hydrogen-bond acceptors (Lipinski definition) is 3. The van der Waals surface area contributed by atoms with Gasteiger partial charge in [0, 0.05) is 11.8 Å². The molecule has 0 saturated heterocycles. The van der Waals surface area contributed by atoms with Crippen molar-refractivity contribution in [1.29, 1.82) is 0 Å². The predicted octanol–water partition coefficient (Wildman–Crippen LogP) is 3.41. The van der Waals surface area contributed by atoms with E-state index in [9.17, 15) is 26.7 Å². The lowest BCUT2D eigenvalue weighted by Gasteiger charge is -2.16. The molecule has 0 radical (unpaired) electrons. The van der Waals surface area contributed by atoms with Crippen molar-refractivity contribution in [2.24, 2.45) is 0 Å². The van der Waals surface area contributed by atoms with Gasteiger partial charge in [0.05, 0.1) is 24.1 Å². The Labute approximate surface area is 109 Å². The zero-order valence-corrected chi connectivity index (χ0v) is 10.1. The topological polar surface area (TPSA) is 39.2 Å². The number of carbonyl (C=O) groups excluding carboxylic acids is 1. The minimum atomic E-state index is -4.98. The lowest BCUT2D eigenvalue weighted by atomic mass is 10.0. The summed E-state index contributed by atoms with van der Waals surface area (Å²) in [5, 5.41) is -0.851. The molecule has 106 valence electrons. The minimum Gasteiger partial charge on any atom is -0.469 e. The van der Waals surface area contributed by atoms with E-state index in [0.29, 0.717) is 6.20 Å². The van der Waals surface area contributed by atoms with E-state index < -0.39 is 46.8 Å². The highest BCUT2D eigenvalue weighted by molar-refractivity contribution is 6.31. The third kappa shape index (κ3) is 3.52. The Hall–Kier alpha value is -1.44. The van der Waals surface area contributed by atoms with E-state index in [4.69, 9.17) is 11.6 Å². The lowest BCUT2D eigenvalue weighted by Crippen LogP contribution is -2.17. The second kappa shape index (κ2) is 5.68. The average molecular weight is 304 g/mol. The summed E-state index contributed by atoms with van der Waals surface area (Å²) in [5.41, 5.74) is -3.60. The van der Waals surface area contributed by atoms with Gasteiger partial charge in [0.25, 0.3) is 6.43 Å². The largest absolute Gasteiger partial charge is 0.469 e. The first-order chi connectivity index (χ1) is 8.68. The molecule has 0 bridgehead atoms. The van der Waals surface area contributed by atoms with Gasteiger partial charge in [-0.15, -0.1) is 0 Å². The third-order valence-corrected chi connectivity index (χ3v) is 2.49. The van der Waals surface area contributed by atoms with E-state index in [0.717, 1.165) is 7.11 Å². The molecule has 19 heavy (non-hydrogen) atoms. The third-order valence-electron chi connectivity index (χ3n) is 2.21. The molecule has 0 aliphatic heterocycles. The SMILES string of the molecule is COC(=O)Cc1c(C(F)F)ncc(Cl)c1C(F)(F)F. The Morgan fingerprint density at radius 1 is 1.47 bits per heavy atom. The number of ether oxygens (including phenoxy) is 1. The van der Waals surface area contributed by atoms with Gasteiger partial charge in [-0.05, 0) is 0 Å². The standard InChI is InChI=1S/C10H7ClF5NO2/c1-19-6(18)2-4-7(10(14,15)16)5(11)3-17-8(4)9(12)13/h3,9H,2H2,1H3. The van der Waals surface area contributed by atoms with Gasteiger partial charge in [-0.1, -0.05) is 11.6 Å². The Balaban J connectivity index is 3.50.